The summed E-state index contributed by atoms with van der Waals surface area (Å²) in [5.41, 5.74) is 12.0. The Kier molecular flexibility index (Phi) is 7.74. The van der Waals surface area contributed by atoms with E-state index in [1.807, 2.05) is 115 Å². The lowest BCUT2D eigenvalue weighted by atomic mass is 10.1. The molecule has 8 heteroatoms. The number of nitrogens with zero attached hydrogens (tertiary/aromatic N) is 6. The van der Waals surface area contributed by atoms with Gasteiger partial charge in [-0.2, -0.15) is 0 Å². The monoisotopic (exact) mass is 808 g/mol. The van der Waals surface area contributed by atoms with Crippen molar-refractivity contribution < 1.29 is 8.83 Å². The normalized spacial score (nSPS) is 11.8. The van der Waals surface area contributed by atoms with Crippen LogP contribution in [0.15, 0.2) is 203 Å². The highest BCUT2D eigenvalue weighted by Crippen LogP contribution is 2.41. The Labute approximate surface area is 359 Å². The summed E-state index contributed by atoms with van der Waals surface area (Å²) in [6.45, 7) is 0. The molecule has 13 aromatic rings. The van der Waals surface area contributed by atoms with Crippen LogP contribution < -0.4 is 0 Å². The van der Waals surface area contributed by atoms with Gasteiger partial charge in [0.1, 0.15) is 28.0 Å². The van der Waals surface area contributed by atoms with Crippen LogP contribution in [0.5, 0.6) is 0 Å². The Balaban J connectivity index is 0.980. The average molecular weight is 809 g/mol. The molecule has 0 fully saturated rings. The maximum absolute atomic E-state index is 6.70. The quantitative estimate of drug-likeness (QED) is 0.165. The molecule has 5 heterocycles. The highest BCUT2D eigenvalue weighted by molar-refractivity contribution is 6.12. The highest BCUT2D eigenvalue weighted by atomic mass is 16.3. The molecular formula is C55H32N6O2. The maximum Gasteiger partial charge on any atom is 0.180 e. The molecule has 8 nitrogen and oxygen atoms in total. The first-order chi connectivity index (χ1) is 31.2. The molecule has 63 heavy (non-hydrogen) atoms. The first kappa shape index (κ1) is 35.0. The van der Waals surface area contributed by atoms with Gasteiger partial charge in [-0.15, -0.1) is 0 Å². The van der Waals surface area contributed by atoms with Crippen LogP contribution in [0.2, 0.25) is 0 Å². The number of furan rings is 2. The van der Waals surface area contributed by atoms with Gasteiger partial charge in [-0.1, -0.05) is 133 Å². The number of para-hydroxylation sites is 4. The summed E-state index contributed by atoms with van der Waals surface area (Å²) >= 11 is 0. The summed E-state index contributed by atoms with van der Waals surface area (Å²) in [4.78, 5) is 25.7. The van der Waals surface area contributed by atoms with E-state index >= 15 is 0 Å². The predicted molar refractivity (Wildman–Crippen MR) is 251 cm³/mol. The largest absolute Gasteiger partial charge is 0.455 e. The molecule has 0 spiro atoms. The minimum atomic E-state index is 0.552. The van der Waals surface area contributed by atoms with Crippen molar-refractivity contribution in [2.24, 2.45) is 0 Å². The Morgan fingerprint density at radius 1 is 0.333 bits per heavy atom. The SMILES string of the molecule is c1ccc(-c2nc(-c3ccc4oc5c(-c6nc(-c7ccccc7)c7oc8ccccc8c7n6)cccc5c4c3)nc(-c3ccc4c5ccccc5n(-c5ccccc5)c4c3)n2)cc1. The van der Waals surface area contributed by atoms with Gasteiger partial charge in [0, 0.05) is 54.9 Å². The molecule has 294 valence electrons. The zero-order chi connectivity index (χ0) is 41.4. The van der Waals surface area contributed by atoms with E-state index in [1.54, 1.807) is 0 Å². The van der Waals surface area contributed by atoms with Gasteiger partial charge in [0.25, 0.3) is 0 Å². The molecule has 8 aromatic carbocycles. The van der Waals surface area contributed by atoms with E-state index in [-0.39, 0.29) is 0 Å². The van der Waals surface area contributed by atoms with Crippen LogP contribution >= 0.6 is 0 Å². The van der Waals surface area contributed by atoms with Gasteiger partial charge in [0.2, 0.25) is 0 Å². The van der Waals surface area contributed by atoms with Crippen LogP contribution in [0.25, 0.3) is 128 Å². The fourth-order valence-corrected chi connectivity index (χ4v) is 8.93. The van der Waals surface area contributed by atoms with Crippen LogP contribution in [0.1, 0.15) is 0 Å². The van der Waals surface area contributed by atoms with Crippen molar-refractivity contribution in [1.82, 2.24) is 29.5 Å². The molecule has 0 unspecified atom stereocenters. The van der Waals surface area contributed by atoms with Crippen LogP contribution in [0.3, 0.4) is 0 Å². The van der Waals surface area contributed by atoms with E-state index in [0.717, 1.165) is 88.5 Å². The fraction of sp³-hybridized carbons (Fsp3) is 0. The van der Waals surface area contributed by atoms with Crippen molar-refractivity contribution in [2.45, 2.75) is 0 Å². The van der Waals surface area contributed by atoms with Gasteiger partial charge in [0.05, 0.1) is 16.6 Å². The van der Waals surface area contributed by atoms with Gasteiger partial charge >= 0.3 is 0 Å². The molecule has 0 bridgehead atoms. The summed E-state index contributed by atoms with van der Waals surface area (Å²) in [5, 5.41) is 5.14. The topological polar surface area (TPSA) is 95.7 Å². The third kappa shape index (κ3) is 5.66. The van der Waals surface area contributed by atoms with E-state index < -0.39 is 0 Å². The molecule has 0 saturated heterocycles. The van der Waals surface area contributed by atoms with Crippen LogP contribution in [-0.4, -0.2) is 29.5 Å². The molecule has 13 rings (SSSR count). The van der Waals surface area contributed by atoms with Gasteiger partial charge in [0.15, 0.2) is 28.9 Å². The molecule has 5 aromatic heterocycles. The first-order valence-electron chi connectivity index (χ1n) is 20.8. The molecule has 0 amide bonds. The lowest BCUT2D eigenvalue weighted by molar-refractivity contribution is 0.666. The second-order valence-electron chi connectivity index (χ2n) is 15.6. The molecule has 0 saturated carbocycles. The zero-order valence-corrected chi connectivity index (χ0v) is 33.5. The minimum absolute atomic E-state index is 0.552. The minimum Gasteiger partial charge on any atom is -0.455 e. The third-order valence-electron chi connectivity index (χ3n) is 11.9. The summed E-state index contributed by atoms with van der Waals surface area (Å²) in [7, 11) is 0. The molecule has 0 aliphatic heterocycles. The summed E-state index contributed by atoms with van der Waals surface area (Å²) in [6.07, 6.45) is 0. The number of rotatable bonds is 6. The van der Waals surface area contributed by atoms with Crippen molar-refractivity contribution in [3.05, 3.63) is 194 Å². The van der Waals surface area contributed by atoms with Crippen molar-refractivity contribution in [3.63, 3.8) is 0 Å². The zero-order valence-electron chi connectivity index (χ0n) is 33.5. The number of fused-ring (bicyclic) bond motifs is 9. The predicted octanol–water partition coefficient (Wildman–Crippen LogP) is 13.9. The second-order valence-corrected chi connectivity index (χ2v) is 15.6. The van der Waals surface area contributed by atoms with Crippen molar-refractivity contribution in [3.8, 4) is 62.5 Å². The molecular weight excluding hydrogens is 777 g/mol. The average Bonchev–Trinajstić information content (AvgIpc) is 4.03. The number of benzene rings is 8. The maximum atomic E-state index is 6.70. The Bertz CT molecular complexity index is 3910. The highest BCUT2D eigenvalue weighted by Gasteiger charge is 2.22. The lowest BCUT2D eigenvalue weighted by Gasteiger charge is -2.10. The molecule has 0 radical (unpaired) electrons. The fourth-order valence-electron chi connectivity index (χ4n) is 8.93. The first-order valence-corrected chi connectivity index (χ1v) is 20.8. The van der Waals surface area contributed by atoms with E-state index in [0.29, 0.717) is 34.5 Å². The van der Waals surface area contributed by atoms with E-state index in [4.69, 9.17) is 33.8 Å². The smallest absolute Gasteiger partial charge is 0.180 e. The van der Waals surface area contributed by atoms with E-state index in [1.165, 1.54) is 5.39 Å². The van der Waals surface area contributed by atoms with Crippen molar-refractivity contribution >= 4 is 65.8 Å². The molecule has 0 atom stereocenters. The van der Waals surface area contributed by atoms with Gasteiger partial charge in [-0.3, -0.25) is 0 Å². The van der Waals surface area contributed by atoms with Crippen LogP contribution in [0, 0.1) is 0 Å². The Hall–Kier alpha value is -8.75. The lowest BCUT2D eigenvalue weighted by Crippen LogP contribution is -2.00. The third-order valence-corrected chi connectivity index (χ3v) is 11.9. The number of hydrogen-bond acceptors (Lipinski definition) is 7. The summed E-state index contributed by atoms with van der Waals surface area (Å²) in [6, 6.07) is 65.9. The molecule has 0 N–H and O–H groups in total. The van der Waals surface area contributed by atoms with Gasteiger partial charge in [-0.05, 0) is 60.7 Å². The van der Waals surface area contributed by atoms with Gasteiger partial charge < -0.3 is 13.4 Å². The standard InChI is InChI=1S/C55H32N6O2/c1-4-15-33(16-5-1)48-51-49(41-22-11-13-26-46(41)63-51)57-55(56-48)42-24-14-23-40-43-31-35(28-30-47(43)62-50(40)42)53-58-52(34-17-6-2-7-18-34)59-54(60-53)36-27-29-39-38-21-10-12-25-44(38)61(45(39)32-36)37-19-8-3-9-20-37/h1-32H. The second kappa shape index (κ2) is 13.9. The Morgan fingerprint density at radius 3 is 1.71 bits per heavy atom. The Morgan fingerprint density at radius 2 is 0.921 bits per heavy atom. The van der Waals surface area contributed by atoms with Crippen LogP contribution in [-0.2, 0) is 0 Å². The number of aromatic nitrogens is 6. The van der Waals surface area contributed by atoms with Crippen molar-refractivity contribution in [2.75, 3.05) is 0 Å². The van der Waals surface area contributed by atoms with Crippen molar-refractivity contribution in [1.29, 1.82) is 0 Å². The van der Waals surface area contributed by atoms with Gasteiger partial charge in [-0.25, -0.2) is 24.9 Å². The summed E-state index contributed by atoms with van der Waals surface area (Å²) < 4.78 is 15.4. The van der Waals surface area contributed by atoms with Crippen LogP contribution in [0.4, 0.5) is 0 Å². The summed E-state index contributed by atoms with van der Waals surface area (Å²) in [5.74, 6) is 2.28. The number of hydrogen-bond donors (Lipinski definition) is 0. The van der Waals surface area contributed by atoms with E-state index in [2.05, 4.69) is 83.4 Å². The molecule has 0 aliphatic carbocycles. The molecule has 0 aliphatic rings. The van der Waals surface area contributed by atoms with E-state index in [9.17, 15) is 0 Å².